The summed E-state index contributed by atoms with van der Waals surface area (Å²) >= 11 is 0. The predicted molar refractivity (Wildman–Crippen MR) is 134 cm³/mol. The van der Waals surface area contributed by atoms with E-state index in [-0.39, 0.29) is 48.0 Å². The molecule has 0 spiro atoms. The second kappa shape index (κ2) is 13.0. The van der Waals surface area contributed by atoms with Gasteiger partial charge in [-0.2, -0.15) is 0 Å². The first-order chi connectivity index (χ1) is 13.8. The highest BCUT2D eigenvalue weighted by atomic mass is 127. The first-order valence-electron chi connectivity index (χ1n) is 10.5. The summed E-state index contributed by atoms with van der Waals surface area (Å²) < 4.78 is 5.30. The average molecular weight is 531 g/mol. The molecule has 0 bridgehead atoms. The summed E-state index contributed by atoms with van der Waals surface area (Å²) in [6, 6.07) is 8.52. The largest absolute Gasteiger partial charge is 0.497 e. The number of benzene rings is 1. The maximum atomic E-state index is 12.1. The second-order valence-electron chi connectivity index (χ2n) is 8.49. The molecule has 1 aromatic carbocycles. The van der Waals surface area contributed by atoms with Crippen LogP contribution in [-0.4, -0.2) is 62.6 Å². The van der Waals surface area contributed by atoms with Crippen LogP contribution < -0.4 is 20.7 Å². The Bertz CT molecular complexity index is 667. The molecule has 7 nitrogen and oxygen atoms in total. The highest BCUT2D eigenvalue weighted by Gasteiger charge is 2.23. The van der Waals surface area contributed by atoms with Crippen molar-refractivity contribution < 1.29 is 9.53 Å². The number of hydrogen-bond acceptors (Lipinski definition) is 4. The van der Waals surface area contributed by atoms with Crippen molar-refractivity contribution in [2.45, 2.75) is 51.6 Å². The van der Waals surface area contributed by atoms with Crippen molar-refractivity contribution in [3.63, 3.8) is 0 Å². The molecule has 8 heteroatoms. The van der Waals surface area contributed by atoms with Gasteiger partial charge in [0.15, 0.2) is 5.96 Å². The van der Waals surface area contributed by atoms with E-state index >= 15 is 0 Å². The monoisotopic (exact) mass is 531 g/mol. The van der Waals surface area contributed by atoms with Crippen LogP contribution in [0.1, 0.15) is 51.6 Å². The van der Waals surface area contributed by atoms with Crippen molar-refractivity contribution in [2.24, 2.45) is 4.99 Å². The van der Waals surface area contributed by atoms with Crippen LogP contribution in [0.5, 0.6) is 5.75 Å². The van der Waals surface area contributed by atoms with Crippen LogP contribution in [0.15, 0.2) is 29.3 Å². The lowest BCUT2D eigenvalue weighted by atomic mass is 10.0. The van der Waals surface area contributed by atoms with Crippen molar-refractivity contribution in [3.8, 4) is 5.75 Å². The van der Waals surface area contributed by atoms with E-state index in [0.29, 0.717) is 12.5 Å². The summed E-state index contributed by atoms with van der Waals surface area (Å²) in [4.78, 5) is 18.9. The number of methoxy groups -OCH3 is 1. The fourth-order valence-corrected chi connectivity index (χ4v) is 3.55. The third-order valence-electron chi connectivity index (χ3n) is 4.95. The van der Waals surface area contributed by atoms with Crippen molar-refractivity contribution in [2.75, 3.05) is 40.3 Å². The standard InChI is InChI=1S/C22H37N5O2.HI/c1-22(2,3)26-20(28)16-25-21(23-4)24-15-19(27-13-7-6-8-14-27)17-9-11-18(29-5)12-10-17;/h9-12,19H,6-8,13-16H2,1-5H3,(H,26,28)(H2,23,24,25);1H. The molecule has 1 amide bonds. The number of carbonyl (C=O) groups excluding carboxylic acids is 1. The van der Waals surface area contributed by atoms with E-state index < -0.39 is 0 Å². The summed E-state index contributed by atoms with van der Waals surface area (Å²) in [7, 11) is 3.41. The Balaban J connectivity index is 0.00000450. The lowest BCUT2D eigenvalue weighted by Crippen LogP contribution is -2.49. The third-order valence-corrected chi connectivity index (χ3v) is 4.95. The first-order valence-corrected chi connectivity index (χ1v) is 10.5. The van der Waals surface area contributed by atoms with Gasteiger partial charge in [-0.05, 0) is 64.4 Å². The van der Waals surface area contributed by atoms with Gasteiger partial charge < -0.3 is 20.7 Å². The minimum atomic E-state index is -0.247. The SMILES string of the molecule is CN=C(NCC(=O)NC(C)(C)C)NCC(c1ccc(OC)cc1)N1CCCCC1.I. The highest BCUT2D eigenvalue weighted by Crippen LogP contribution is 2.25. The van der Waals surface area contributed by atoms with Crippen LogP contribution in [0.25, 0.3) is 0 Å². The van der Waals surface area contributed by atoms with E-state index in [0.717, 1.165) is 18.8 Å². The number of aliphatic imine (C=N–C) groups is 1. The van der Waals surface area contributed by atoms with Gasteiger partial charge in [0.25, 0.3) is 0 Å². The molecule has 1 atom stereocenters. The summed E-state index contributed by atoms with van der Waals surface area (Å²) in [5.74, 6) is 1.44. The van der Waals surface area contributed by atoms with Crippen LogP contribution in [0.4, 0.5) is 0 Å². The van der Waals surface area contributed by atoms with Gasteiger partial charge >= 0.3 is 0 Å². The molecule has 1 fully saturated rings. The van der Waals surface area contributed by atoms with Crippen molar-refractivity contribution >= 4 is 35.8 Å². The molecular weight excluding hydrogens is 493 g/mol. The van der Waals surface area contributed by atoms with Gasteiger partial charge in [-0.3, -0.25) is 14.7 Å². The fourth-order valence-electron chi connectivity index (χ4n) is 3.55. The number of halogens is 1. The number of likely N-dealkylation sites (tertiary alicyclic amines) is 1. The molecule has 1 aliphatic rings. The molecule has 1 heterocycles. The number of guanidine groups is 1. The first kappa shape index (κ1) is 26.5. The molecule has 0 aromatic heterocycles. The Morgan fingerprint density at radius 1 is 1.13 bits per heavy atom. The Hall–Kier alpha value is -1.55. The molecule has 1 saturated heterocycles. The maximum absolute atomic E-state index is 12.1. The lowest BCUT2D eigenvalue weighted by molar-refractivity contribution is -0.121. The second-order valence-corrected chi connectivity index (χ2v) is 8.49. The van der Waals surface area contributed by atoms with Crippen molar-refractivity contribution in [1.82, 2.24) is 20.9 Å². The Morgan fingerprint density at radius 2 is 1.77 bits per heavy atom. The molecule has 1 unspecified atom stereocenters. The summed E-state index contributed by atoms with van der Waals surface area (Å²) in [6.45, 7) is 9.00. The Kier molecular flexibility index (Phi) is 11.5. The van der Waals surface area contributed by atoms with Crippen LogP contribution in [0, 0.1) is 0 Å². The maximum Gasteiger partial charge on any atom is 0.239 e. The van der Waals surface area contributed by atoms with E-state index in [1.165, 1.54) is 24.8 Å². The summed E-state index contributed by atoms with van der Waals surface area (Å²) in [5.41, 5.74) is 1.00. The zero-order valence-electron chi connectivity index (χ0n) is 19.0. The number of hydrogen-bond donors (Lipinski definition) is 3. The van der Waals surface area contributed by atoms with Gasteiger partial charge in [0, 0.05) is 19.1 Å². The van der Waals surface area contributed by atoms with Crippen LogP contribution >= 0.6 is 24.0 Å². The van der Waals surface area contributed by atoms with Crippen LogP contribution in [0.2, 0.25) is 0 Å². The quantitative estimate of drug-likeness (QED) is 0.287. The zero-order valence-corrected chi connectivity index (χ0v) is 21.3. The highest BCUT2D eigenvalue weighted by molar-refractivity contribution is 14.0. The smallest absolute Gasteiger partial charge is 0.239 e. The van der Waals surface area contributed by atoms with E-state index in [1.54, 1.807) is 14.2 Å². The third kappa shape index (κ3) is 9.07. The Morgan fingerprint density at radius 3 is 2.30 bits per heavy atom. The van der Waals surface area contributed by atoms with E-state index in [4.69, 9.17) is 4.74 Å². The fraction of sp³-hybridized carbons (Fsp3) is 0.636. The van der Waals surface area contributed by atoms with Gasteiger partial charge in [0.05, 0.1) is 19.7 Å². The molecular formula is C22H38IN5O2. The number of ether oxygens (including phenoxy) is 1. The van der Waals surface area contributed by atoms with Crippen molar-refractivity contribution in [1.29, 1.82) is 0 Å². The van der Waals surface area contributed by atoms with E-state index in [9.17, 15) is 4.79 Å². The number of piperidine rings is 1. The molecule has 30 heavy (non-hydrogen) atoms. The predicted octanol–water partition coefficient (Wildman–Crippen LogP) is 2.92. The molecule has 3 N–H and O–H groups in total. The van der Waals surface area contributed by atoms with Crippen LogP contribution in [-0.2, 0) is 4.79 Å². The van der Waals surface area contributed by atoms with Gasteiger partial charge in [-0.15, -0.1) is 24.0 Å². The van der Waals surface area contributed by atoms with Crippen molar-refractivity contribution in [3.05, 3.63) is 29.8 Å². The minimum absolute atomic E-state index is 0. The lowest BCUT2D eigenvalue weighted by Gasteiger charge is -2.35. The van der Waals surface area contributed by atoms with Gasteiger partial charge in [0.1, 0.15) is 5.75 Å². The number of rotatable bonds is 7. The molecule has 0 saturated carbocycles. The molecule has 170 valence electrons. The molecule has 0 radical (unpaired) electrons. The van der Waals surface area contributed by atoms with E-state index in [2.05, 4.69) is 38.0 Å². The molecule has 1 aromatic rings. The van der Waals surface area contributed by atoms with Gasteiger partial charge in [-0.1, -0.05) is 18.6 Å². The molecule has 2 rings (SSSR count). The topological polar surface area (TPSA) is 78.0 Å². The normalized spacial score (nSPS) is 16.2. The number of carbonyl (C=O) groups is 1. The number of amides is 1. The summed E-state index contributed by atoms with van der Waals surface area (Å²) in [6.07, 6.45) is 3.75. The number of nitrogens with one attached hydrogen (secondary N) is 3. The molecule has 1 aliphatic heterocycles. The average Bonchev–Trinajstić information content (AvgIpc) is 2.70. The zero-order chi connectivity index (χ0) is 21.3. The number of nitrogens with zero attached hydrogens (tertiary/aromatic N) is 2. The van der Waals surface area contributed by atoms with Gasteiger partial charge in [-0.25, -0.2) is 0 Å². The molecule has 0 aliphatic carbocycles. The minimum Gasteiger partial charge on any atom is -0.497 e. The Labute approximate surface area is 198 Å². The van der Waals surface area contributed by atoms with E-state index in [1.807, 2.05) is 32.9 Å². The van der Waals surface area contributed by atoms with Gasteiger partial charge in [0.2, 0.25) is 5.91 Å². The van der Waals surface area contributed by atoms with Crippen LogP contribution in [0.3, 0.4) is 0 Å². The summed E-state index contributed by atoms with van der Waals surface area (Å²) in [5, 5.41) is 9.45.